The fourth-order valence-corrected chi connectivity index (χ4v) is 19.3. The summed E-state index contributed by atoms with van der Waals surface area (Å²) >= 11 is 0. The fourth-order valence-electron chi connectivity index (χ4n) is 17.5. The zero-order valence-electron chi connectivity index (χ0n) is 75.4. The molecular weight excluding hydrogens is 1940 g/mol. The van der Waals surface area contributed by atoms with Gasteiger partial charge in [0.15, 0.2) is 11.5 Å². The van der Waals surface area contributed by atoms with Gasteiger partial charge in [0.25, 0.3) is 45.9 Å². The van der Waals surface area contributed by atoms with Gasteiger partial charge >= 0.3 is 0 Å². The standard InChI is InChI=1S/C26H21F2N3O5S.C26H22FN3O5S.C24H20FN3O5S.C23H17F2N3O6S/c1-3-14-13-36-24-17(14)7-9-20-22(24)21(18-5-4-10-29-25(18)32)23(26(33)30-37(2,34)35)31(20)12-15-11-16(27)6-8-19(15)28;1-3-15-14-35-24-17(15)10-11-20-22(24)21(18-8-6-12-28-25(18)31)23(26(32)29-36(2,33)34)30(20)13-16-7-4-5-9-19(16)27;1-34(31,32)27-24(30)21-19(16-6-4-11-26-23(16)29)20-18(9-8-14-10-12-33-22(14)20)28(21)13-15-5-2-3-7-17(15)25;1-35(31,32)27-23(30)19-9-16-18(28(19)10-12-7-13(24)4-5-17(12)25)8-15(20-21(16)34-11-33-20)14-3-2-6-26-22(14)29/h4-11,13H,3,12H2,1-2H3,(H,29,32)(H,30,33);4-12,14H,3,13H2,1-2H3,(H,28,31)(H,29,32);2-9,11H,10,12-13H2,1H3,(H,26,29)(H,27,30);2-9H,10-11H2,1H3,(H,26,29)(H,27,30). The number of rotatable bonds is 22. The number of aryl methyl sites for hydroxylation is 2. The van der Waals surface area contributed by atoms with E-state index in [1.54, 1.807) is 122 Å². The second-order valence-corrected chi connectivity index (χ2v) is 40.0. The van der Waals surface area contributed by atoms with Crippen LogP contribution in [0.2, 0.25) is 0 Å². The largest absolute Gasteiger partial charge is 0.492 e. The van der Waals surface area contributed by atoms with E-state index in [0.717, 1.165) is 88.9 Å². The summed E-state index contributed by atoms with van der Waals surface area (Å²) in [5.74, 6) is -6.65. The van der Waals surface area contributed by atoms with Gasteiger partial charge in [0.2, 0.25) is 46.9 Å². The third kappa shape index (κ3) is 19.5. The number of benzene rings is 8. The molecule has 4 amide bonds. The molecule has 142 heavy (non-hydrogen) atoms. The van der Waals surface area contributed by atoms with Crippen molar-refractivity contribution in [1.82, 2.24) is 57.1 Å². The maximum Gasteiger partial charge on any atom is 0.282 e. The Hall–Kier alpha value is -16.5. The summed E-state index contributed by atoms with van der Waals surface area (Å²) in [7, 11) is -15.8. The van der Waals surface area contributed by atoms with Crippen LogP contribution in [0, 0.1) is 34.9 Å². The molecule has 0 atom stereocenters. The molecule has 43 heteroatoms. The van der Waals surface area contributed by atoms with Gasteiger partial charge in [-0.2, -0.15) is 0 Å². The number of furan rings is 2. The van der Waals surface area contributed by atoms with E-state index in [0.29, 0.717) is 97.5 Å². The highest BCUT2D eigenvalue weighted by molar-refractivity contribution is 7.90. The molecule has 0 fully saturated rings. The highest BCUT2D eigenvalue weighted by Crippen LogP contribution is 2.50. The number of nitrogens with one attached hydrogen (secondary N) is 8. The summed E-state index contributed by atoms with van der Waals surface area (Å²) in [5.41, 5.74) is 4.75. The molecule has 2 aliphatic rings. The van der Waals surface area contributed by atoms with E-state index in [2.05, 4.69) is 19.9 Å². The normalized spacial score (nSPS) is 12.4. The Kier molecular flexibility index (Phi) is 26.5. The molecule has 0 radical (unpaired) electrons. The first-order chi connectivity index (χ1) is 67.6. The lowest BCUT2D eigenvalue weighted by molar-refractivity contribution is 0.0964. The Labute approximate surface area is 800 Å². The summed E-state index contributed by atoms with van der Waals surface area (Å²) in [4.78, 5) is 115. The average Bonchev–Trinajstić information content (AvgIpc) is 1.56. The highest BCUT2D eigenvalue weighted by Gasteiger charge is 2.37. The average molecular weight is 2020 g/mol. The van der Waals surface area contributed by atoms with Crippen LogP contribution in [0.1, 0.15) is 94.7 Å². The number of H-pyrrole nitrogens is 4. The molecule has 20 rings (SSSR count). The summed E-state index contributed by atoms with van der Waals surface area (Å²) in [6.07, 6.45) is 14.3. The predicted octanol–water partition coefficient (Wildman–Crippen LogP) is 14.1. The number of amides is 4. The first kappa shape index (κ1) is 97.1. The Morgan fingerprint density at radius 2 is 0.725 bits per heavy atom. The molecule has 33 nitrogen and oxygen atoms in total. The van der Waals surface area contributed by atoms with Crippen LogP contribution < -0.4 is 55.3 Å². The first-order valence-corrected chi connectivity index (χ1v) is 50.7. The van der Waals surface area contributed by atoms with Gasteiger partial charge in [-0.1, -0.05) is 56.3 Å². The van der Waals surface area contributed by atoms with Crippen LogP contribution in [0.5, 0.6) is 17.2 Å². The molecule has 8 aromatic carbocycles. The Balaban J connectivity index is 0.000000130. The van der Waals surface area contributed by atoms with Gasteiger partial charge in [-0.3, -0.25) is 38.4 Å². The number of nitrogens with zero attached hydrogens (tertiary/aromatic N) is 4. The van der Waals surface area contributed by atoms with Crippen LogP contribution in [-0.2, 0) is 85.5 Å². The Morgan fingerprint density at radius 3 is 1.14 bits per heavy atom. The van der Waals surface area contributed by atoms with Crippen molar-refractivity contribution in [3.63, 3.8) is 0 Å². The minimum Gasteiger partial charge on any atom is -0.492 e. The molecule has 0 aliphatic carbocycles. The van der Waals surface area contributed by atoms with Gasteiger partial charge in [0.1, 0.15) is 74.6 Å². The molecule has 8 N–H and O–H groups in total. The molecule has 0 spiro atoms. The molecule has 0 saturated heterocycles. The molecule has 10 aromatic heterocycles. The molecule has 18 aromatic rings. The van der Waals surface area contributed by atoms with Crippen molar-refractivity contribution >= 4 is 129 Å². The third-order valence-electron chi connectivity index (χ3n) is 23.5. The van der Waals surface area contributed by atoms with E-state index in [4.69, 9.17) is 23.0 Å². The van der Waals surface area contributed by atoms with Gasteiger partial charge < -0.3 is 61.2 Å². The maximum absolute atomic E-state index is 14.7. The minimum atomic E-state index is -4.02. The quantitative estimate of drug-likeness (QED) is 0.0292. The number of hydrogen-bond acceptors (Lipinski definition) is 21. The smallest absolute Gasteiger partial charge is 0.282 e. The molecular formula is C99H80F6N12O21S4. The summed E-state index contributed by atoms with van der Waals surface area (Å²) in [6, 6.07) is 44.2. The van der Waals surface area contributed by atoms with Crippen molar-refractivity contribution in [2.45, 2.75) is 59.3 Å². The van der Waals surface area contributed by atoms with Gasteiger partial charge in [-0.05, 0) is 169 Å². The van der Waals surface area contributed by atoms with Crippen LogP contribution >= 0.6 is 0 Å². The summed E-state index contributed by atoms with van der Waals surface area (Å²) in [6.45, 7) is 3.40. The van der Waals surface area contributed by atoms with Crippen LogP contribution in [-0.4, -0.2) is 134 Å². The third-order valence-corrected chi connectivity index (χ3v) is 25.7. The van der Waals surface area contributed by atoms with E-state index >= 15 is 0 Å². The fraction of sp³-hybridized carbons (Fsp3) is 0.152. The van der Waals surface area contributed by atoms with E-state index in [1.807, 2.05) is 44.9 Å². The number of aromatic nitrogens is 8. The van der Waals surface area contributed by atoms with Crippen LogP contribution in [0.15, 0.2) is 247 Å². The number of sulfonamides is 4. The van der Waals surface area contributed by atoms with Gasteiger partial charge in [0, 0.05) is 91.9 Å². The lowest BCUT2D eigenvalue weighted by Crippen LogP contribution is -2.32. The molecule has 12 heterocycles. The molecule has 728 valence electrons. The number of carbonyl (C=O) groups is 4. The van der Waals surface area contributed by atoms with Gasteiger partial charge in [-0.25, -0.2) is 78.9 Å². The number of fused-ring (bicyclic) bond motifs is 12. The highest BCUT2D eigenvalue weighted by atomic mass is 32.2. The molecule has 0 unspecified atom stereocenters. The number of ether oxygens (including phenoxy) is 3. The maximum atomic E-state index is 14.7. The molecule has 0 bridgehead atoms. The van der Waals surface area contributed by atoms with Crippen molar-refractivity contribution in [3.8, 4) is 61.8 Å². The lowest BCUT2D eigenvalue weighted by Gasteiger charge is -2.13. The number of carbonyl (C=O) groups excluding carboxylic acids is 4. The van der Waals surface area contributed by atoms with E-state index in [9.17, 15) is 98.4 Å². The lowest BCUT2D eigenvalue weighted by atomic mass is 10.00. The van der Waals surface area contributed by atoms with Crippen LogP contribution in [0.25, 0.3) is 110 Å². The van der Waals surface area contributed by atoms with Gasteiger partial charge in [0.05, 0.1) is 131 Å². The van der Waals surface area contributed by atoms with Crippen molar-refractivity contribution in [2.24, 2.45) is 0 Å². The number of aromatic amines is 4. The second kappa shape index (κ2) is 38.7. The van der Waals surface area contributed by atoms with Crippen molar-refractivity contribution < 1.29 is 102 Å². The zero-order valence-corrected chi connectivity index (χ0v) is 78.7. The SMILES string of the molecule is CCc1coc2c1ccc1c2c(-c2ccc[nH]c2=O)c(C(=O)NS(C)(=O)=O)n1Cc1cc(F)ccc1F.CCc1coc2c1ccc1c2c(-c2ccc[nH]c2=O)c(C(=O)NS(C)(=O)=O)n1Cc1ccccc1F.CS(=O)(=O)NC(=O)c1c(-c2ccc[nH]c2=O)c2c3c(ccc2n1Cc1ccccc1F)CCO3.CS(=O)(=O)NC(=O)c1cc2c3c(c(-c4ccc[nH]c4=O)cc2n1Cc1cc(F)ccc1F)OCO3. The van der Waals surface area contributed by atoms with Crippen molar-refractivity contribution in [2.75, 3.05) is 38.4 Å². The van der Waals surface area contributed by atoms with Crippen LogP contribution in [0.4, 0.5) is 26.3 Å². The van der Waals surface area contributed by atoms with Crippen molar-refractivity contribution in [3.05, 3.63) is 357 Å². The minimum absolute atomic E-state index is 0.0702. The predicted molar refractivity (Wildman–Crippen MR) is 517 cm³/mol. The van der Waals surface area contributed by atoms with E-state index in [-0.39, 0.29) is 123 Å². The zero-order chi connectivity index (χ0) is 101. The van der Waals surface area contributed by atoms with Crippen molar-refractivity contribution in [1.29, 1.82) is 0 Å². The Morgan fingerprint density at radius 1 is 0.352 bits per heavy atom. The van der Waals surface area contributed by atoms with Crippen LogP contribution in [0.3, 0.4) is 0 Å². The number of hydrogen-bond donors (Lipinski definition) is 8. The topological polar surface area (TPSA) is 458 Å². The number of halogens is 6. The Bertz CT molecular complexity index is 9050. The summed E-state index contributed by atoms with van der Waals surface area (Å²) < 4.78 is 224. The van der Waals surface area contributed by atoms with E-state index in [1.165, 1.54) is 67.3 Å². The summed E-state index contributed by atoms with van der Waals surface area (Å²) in [5, 5.41) is 3.23. The molecule has 2 aliphatic heterocycles. The first-order valence-electron chi connectivity index (χ1n) is 43.2. The monoisotopic (exact) mass is 2010 g/mol. The number of pyridine rings is 4. The van der Waals surface area contributed by atoms with E-state index < -0.39 is 121 Å². The second-order valence-electron chi connectivity index (χ2n) is 33.0. The molecule has 0 saturated carbocycles. The van der Waals surface area contributed by atoms with Gasteiger partial charge in [-0.15, -0.1) is 0 Å².